The second-order valence-electron chi connectivity index (χ2n) is 1.84. The van der Waals surface area contributed by atoms with Crippen LogP contribution in [0.1, 0.15) is 6.42 Å². The van der Waals surface area contributed by atoms with Crippen LogP contribution in [-0.4, -0.2) is 25.6 Å². The normalized spacial score (nSPS) is 17.8. The Morgan fingerprint density at radius 1 is 1.70 bits per heavy atom. The van der Waals surface area contributed by atoms with Crippen LogP contribution in [0.5, 0.6) is 0 Å². The first kappa shape index (κ1) is 7.27. The molecule has 0 saturated heterocycles. The molecule has 0 unspecified atom stereocenters. The summed E-state index contributed by atoms with van der Waals surface area (Å²) in [4.78, 5) is 0. The van der Waals surface area contributed by atoms with Gasteiger partial charge in [0.15, 0.2) is 0 Å². The van der Waals surface area contributed by atoms with Gasteiger partial charge in [-0.25, -0.2) is 8.42 Å². The summed E-state index contributed by atoms with van der Waals surface area (Å²) in [5.74, 6) is 0. The van der Waals surface area contributed by atoms with E-state index in [4.69, 9.17) is 0 Å². The molecule has 0 aromatic heterocycles. The van der Waals surface area contributed by atoms with Gasteiger partial charge in [-0.1, -0.05) is 6.58 Å². The average molecular weight is 160 g/mol. The Balaban J connectivity index is 2.83. The van der Waals surface area contributed by atoms with E-state index in [0.717, 1.165) is 9.82 Å². The third kappa shape index (κ3) is 1.18. The van der Waals surface area contributed by atoms with Gasteiger partial charge in [-0.2, -0.15) is 9.52 Å². The van der Waals surface area contributed by atoms with Crippen LogP contribution in [0.3, 0.4) is 0 Å². The van der Waals surface area contributed by atoms with Crippen LogP contribution in [0.15, 0.2) is 17.1 Å². The fourth-order valence-corrected chi connectivity index (χ4v) is 1.38. The van der Waals surface area contributed by atoms with E-state index in [-0.39, 0.29) is 0 Å². The van der Waals surface area contributed by atoms with Gasteiger partial charge in [0.1, 0.15) is 0 Å². The number of rotatable bonds is 2. The molecule has 0 aliphatic carbocycles. The highest BCUT2D eigenvalue weighted by Crippen LogP contribution is 2.07. The van der Waals surface area contributed by atoms with Crippen LogP contribution in [0.2, 0.25) is 0 Å². The minimum Gasteiger partial charge on any atom is -0.200 e. The molecule has 1 aliphatic heterocycles. The average Bonchev–Trinajstić information content (AvgIpc) is 2.38. The molecule has 0 amide bonds. The summed E-state index contributed by atoms with van der Waals surface area (Å²) in [5.41, 5.74) is 0. The monoisotopic (exact) mass is 160 g/mol. The molecule has 5 heteroatoms. The second-order valence-corrected chi connectivity index (χ2v) is 3.63. The fraction of sp³-hybridized carbons (Fsp3) is 0.400. The summed E-state index contributed by atoms with van der Waals surface area (Å²) in [6, 6.07) is 0. The maximum atomic E-state index is 10.9. The topological polar surface area (TPSA) is 49.7 Å². The summed E-state index contributed by atoms with van der Waals surface area (Å²) in [7, 11) is -3.30. The lowest BCUT2D eigenvalue weighted by Gasteiger charge is -2.09. The lowest BCUT2D eigenvalue weighted by molar-refractivity contribution is 0.469. The quantitative estimate of drug-likeness (QED) is 0.577. The zero-order valence-electron chi connectivity index (χ0n) is 5.40. The third-order valence-electron chi connectivity index (χ3n) is 1.16. The van der Waals surface area contributed by atoms with Gasteiger partial charge >= 0.3 is 0 Å². The van der Waals surface area contributed by atoms with Gasteiger partial charge in [0.05, 0.1) is 6.54 Å². The molecule has 0 aromatic rings. The van der Waals surface area contributed by atoms with Crippen LogP contribution < -0.4 is 0 Å². The summed E-state index contributed by atoms with van der Waals surface area (Å²) in [5, 5.41) is 4.53. The highest BCUT2D eigenvalue weighted by Gasteiger charge is 2.17. The van der Waals surface area contributed by atoms with E-state index >= 15 is 0 Å². The first-order chi connectivity index (χ1) is 4.67. The zero-order valence-corrected chi connectivity index (χ0v) is 6.21. The van der Waals surface area contributed by atoms with Crippen LogP contribution in [0.4, 0.5) is 0 Å². The lowest BCUT2D eigenvalue weighted by Crippen LogP contribution is -2.20. The van der Waals surface area contributed by atoms with Crippen LogP contribution in [-0.2, 0) is 10.0 Å². The SMILES string of the molecule is C=CS(=O)(=O)N1CCC=N1. The Morgan fingerprint density at radius 3 is 2.80 bits per heavy atom. The van der Waals surface area contributed by atoms with Crippen molar-refractivity contribution in [1.82, 2.24) is 4.41 Å². The number of nitrogens with zero attached hydrogens (tertiary/aromatic N) is 2. The van der Waals surface area contributed by atoms with E-state index in [1.165, 1.54) is 0 Å². The van der Waals surface area contributed by atoms with Crippen molar-refractivity contribution in [3.8, 4) is 0 Å². The van der Waals surface area contributed by atoms with E-state index in [0.29, 0.717) is 13.0 Å². The van der Waals surface area contributed by atoms with Gasteiger partial charge in [0.2, 0.25) is 0 Å². The molecule has 0 N–H and O–H groups in total. The molecule has 1 rings (SSSR count). The summed E-state index contributed by atoms with van der Waals surface area (Å²) in [6.45, 7) is 3.61. The Morgan fingerprint density at radius 2 is 2.40 bits per heavy atom. The number of hydrogen-bond acceptors (Lipinski definition) is 3. The Hall–Kier alpha value is -0.840. The predicted octanol–water partition coefficient (Wildman–Crippen LogP) is 0.151. The molecule has 0 spiro atoms. The fourth-order valence-electron chi connectivity index (χ4n) is 0.654. The lowest BCUT2D eigenvalue weighted by atomic mass is 10.5. The molecule has 4 nitrogen and oxygen atoms in total. The van der Waals surface area contributed by atoms with Gasteiger partial charge in [-0.15, -0.1) is 0 Å². The second kappa shape index (κ2) is 2.42. The van der Waals surface area contributed by atoms with E-state index in [1.807, 2.05) is 0 Å². The molecule has 0 saturated carbocycles. The van der Waals surface area contributed by atoms with Crippen LogP contribution in [0.25, 0.3) is 0 Å². The first-order valence-corrected chi connectivity index (χ1v) is 4.35. The van der Waals surface area contributed by atoms with Gasteiger partial charge < -0.3 is 0 Å². The zero-order chi connectivity index (χ0) is 7.61. The predicted molar refractivity (Wildman–Crippen MR) is 38.9 cm³/mol. The van der Waals surface area contributed by atoms with Gasteiger partial charge in [-0.05, 0) is 0 Å². The molecule has 1 heterocycles. The van der Waals surface area contributed by atoms with Gasteiger partial charge in [-0.3, -0.25) is 0 Å². The van der Waals surface area contributed by atoms with Crippen molar-refractivity contribution in [2.45, 2.75) is 6.42 Å². The summed E-state index contributed by atoms with van der Waals surface area (Å²) >= 11 is 0. The third-order valence-corrected chi connectivity index (χ3v) is 2.45. The largest absolute Gasteiger partial charge is 0.271 e. The molecule has 0 radical (unpaired) electrons. The number of sulfonamides is 1. The number of hydrogen-bond donors (Lipinski definition) is 0. The Bertz CT molecular complexity index is 255. The highest BCUT2D eigenvalue weighted by atomic mass is 32.2. The van der Waals surface area contributed by atoms with Crippen molar-refractivity contribution in [1.29, 1.82) is 0 Å². The summed E-state index contributed by atoms with van der Waals surface area (Å²) < 4.78 is 22.8. The van der Waals surface area contributed by atoms with Crippen molar-refractivity contribution in [2.24, 2.45) is 5.10 Å². The molecular weight excluding hydrogens is 152 g/mol. The minimum absolute atomic E-state index is 0.439. The van der Waals surface area contributed by atoms with Crippen molar-refractivity contribution in [3.63, 3.8) is 0 Å². The van der Waals surface area contributed by atoms with Gasteiger partial charge in [0, 0.05) is 18.0 Å². The standard InChI is InChI=1S/C5H8N2O2S/c1-2-10(8,9)7-5-3-4-6-7/h2,4H,1,3,5H2. The smallest absolute Gasteiger partial charge is 0.200 e. The van der Waals surface area contributed by atoms with Crippen molar-refractivity contribution >= 4 is 16.2 Å². The summed E-state index contributed by atoms with van der Waals surface area (Å²) in [6.07, 6.45) is 2.26. The first-order valence-electron chi connectivity index (χ1n) is 2.84. The van der Waals surface area contributed by atoms with Gasteiger partial charge in [0.25, 0.3) is 10.0 Å². The molecule has 0 bridgehead atoms. The van der Waals surface area contributed by atoms with E-state index in [2.05, 4.69) is 11.7 Å². The van der Waals surface area contributed by atoms with Crippen LogP contribution in [0, 0.1) is 0 Å². The van der Waals surface area contributed by atoms with E-state index in [9.17, 15) is 8.42 Å². The molecule has 0 atom stereocenters. The highest BCUT2D eigenvalue weighted by molar-refractivity contribution is 7.91. The van der Waals surface area contributed by atoms with Crippen molar-refractivity contribution in [3.05, 3.63) is 12.0 Å². The van der Waals surface area contributed by atoms with Crippen molar-refractivity contribution in [2.75, 3.05) is 6.54 Å². The van der Waals surface area contributed by atoms with Crippen LogP contribution >= 0.6 is 0 Å². The van der Waals surface area contributed by atoms with E-state index in [1.54, 1.807) is 6.21 Å². The Labute approximate surface area is 59.9 Å². The molecule has 56 valence electrons. The minimum atomic E-state index is -3.30. The molecule has 0 fully saturated rings. The Kier molecular flexibility index (Phi) is 1.76. The molecule has 1 aliphatic rings. The molecule has 0 aromatic carbocycles. The maximum Gasteiger partial charge on any atom is 0.271 e. The molecule has 10 heavy (non-hydrogen) atoms. The maximum absolute atomic E-state index is 10.9. The number of hydrazone groups is 1. The molecular formula is C5H8N2O2S. The van der Waals surface area contributed by atoms with Crippen molar-refractivity contribution < 1.29 is 8.42 Å². The van der Waals surface area contributed by atoms with E-state index < -0.39 is 10.0 Å².